The fourth-order valence-corrected chi connectivity index (χ4v) is 3.57. The van der Waals surface area contributed by atoms with E-state index in [2.05, 4.69) is 0 Å². The Labute approximate surface area is 170 Å². The molecule has 1 rings (SSSR count). The number of rotatable bonds is 10. The molecule has 0 amide bonds. The first-order valence-corrected chi connectivity index (χ1v) is 9.26. The van der Waals surface area contributed by atoms with Gasteiger partial charge in [0.05, 0.1) is 51.1 Å². The van der Waals surface area contributed by atoms with Gasteiger partial charge < -0.3 is 28.4 Å². The number of methoxy groups -OCH3 is 4. The van der Waals surface area contributed by atoms with Crippen molar-refractivity contribution in [1.82, 2.24) is 0 Å². The zero-order chi connectivity index (χ0) is 22.1. The predicted octanol–water partition coefficient (Wildman–Crippen LogP) is 0.357. The minimum absolute atomic E-state index is 0.101. The van der Waals surface area contributed by atoms with E-state index in [4.69, 9.17) is 28.4 Å². The molecule has 166 valence electrons. The van der Waals surface area contributed by atoms with Crippen LogP contribution < -0.4 is 0 Å². The van der Waals surface area contributed by atoms with E-state index in [1.807, 2.05) is 0 Å². The molecule has 0 saturated heterocycles. The Kier molecular flexibility index (Phi) is 10.0. The second-order valence-corrected chi connectivity index (χ2v) is 6.95. The highest BCUT2D eigenvalue weighted by atomic mass is 16.6. The van der Waals surface area contributed by atoms with E-state index in [1.54, 1.807) is 13.8 Å². The fraction of sp³-hybridized carbons (Fsp3) is 0.789. The molecule has 1 saturated carbocycles. The first-order valence-electron chi connectivity index (χ1n) is 9.26. The van der Waals surface area contributed by atoms with Gasteiger partial charge in [-0.1, -0.05) is 0 Å². The van der Waals surface area contributed by atoms with Gasteiger partial charge in [0.2, 0.25) is 0 Å². The van der Waals surface area contributed by atoms with Gasteiger partial charge in [-0.2, -0.15) is 0 Å². The zero-order valence-corrected chi connectivity index (χ0v) is 17.7. The van der Waals surface area contributed by atoms with Gasteiger partial charge in [0.25, 0.3) is 0 Å². The lowest BCUT2D eigenvalue weighted by Crippen LogP contribution is -2.40. The summed E-state index contributed by atoms with van der Waals surface area (Å²) in [5, 5.41) is 0. The van der Waals surface area contributed by atoms with Crippen molar-refractivity contribution >= 4 is 23.9 Å². The lowest BCUT2D eigenvalue weighted by Gasteiger charge is -2.25. The van der Waals surface area contributed by atoms with Crippen LogP contribution in [0.25, 0.3) is 0 Å². The molecule has 0 spiro atoms. The number of carbonyl (C=O) groups excluding carboxylic acids is 4. The molecule has 1 aliphatic rings. The van der Waals surface area contributed by atoms with Crippen molar-refractivity contribution in [3.8, 4) is 0 Å². The Morgan fingerprint density at radius 2 is 1.03 bits per heavy atom. The molecule has 0 aliphatic heterocycles. The smallest absolute Gasteiger partial charge is 0.311 e. The molecule has 1 aliphatic carbocycles. The molecule has 0 aromatic rings. The number of carbonyl (C=O) groups is 4. The monoisotopic (exact) mass is 418 g/mol. The van der Waals surface area contributed by atoms with Crippen LogP contribution in [0.4, 0.5) is 0 Å². The standard InChI is InChI=1S/C19H30O10/c1-10(8-24-3)28-18(22)14-12(16(20)26-5)7-13(17(21)27-6)15(14)19(23)29-11(2)9-25-4/h10-15H,7-9H2,1-6H3. The average Bonchev–Trinajstić information content (AvgIpc) is 3.07. The topological polar surface area (TPSA) is 124 Å². The molecular weight excluding hydrogens is 388 g/mol. The van der Waals surface area contributed by atoms with Gasteiger partial charge in [0.15, 0.2) is 0 Å². The first kappa shape index (κ1) is 24.8. The highest BCUT2D eigenvalue weighted by molar-refractivity contribution is 5.92. The molecule has 10 heteroatoms. The van der Waals surface area contributed by atoms with Gasteiger partial charge in [-0.3, -0.25) is 19.2 Å². The number of esters is 4. The molecule has 1 fully saturated rings. The van der Waals surface area contributed by atoms with Gasteiger partial charge in [0, 0.05) is 14.2 Å². The summed E-state index contributed by atoms with van der Waals surface area (Å²) < 4.78 is 30.1. The van der Waals surface area contributed by atoms with Crippen molar-refractivity contribution < 1.29 is 47.6 Å². The third-order valence-corrected chi connectivity index (χ3v) is 4.75. The molecule has 0 bridgehead atoms. The van der Waals surface area contributed by atoms with Crippen LogP contribution in [0.3, 0.4) is 0 Å². The van der Waals surface area contributed by atoms with E-state index in [0.717, 1.165) is 14.2 Å². The Balaban J connectivity index is 3.25. The summed E-state index contributed by atoms with van der Waals surface area (Å²) in [6.07, 6.45) is -1.34. The minimum atomic E-state index is -1.26. The SMILES string of the molecule is COCC(C)OC(=O)C1C(C(=O)OC)CC(C(=O)OC)C1C(=O)OC(C)COC. The largest absolute Gasteiger partial charge is 0.469 e. The van der Waals surface area contributed by atoms with Crippen LogP contribution in [0, 0.1) is 23.7 Å². The van der Waals surface area contributed by atoms with Gasteiger partial charge >= 0.3 is 23.9 Å². The zero-order valence-electron chi connectivity index (χ0n) is 17.7. The Morgan fingerprint density at radius 3 is 1.31 bits per heavy atom. The lowest BCUT2D eigenvalue weighted by atomic mass is 9.86. The second kappa shape index (κ2) is 11.7. The number of hydrogen-bond donors (Lipinski definition) is 0. The van der Waals surface area contributed by atoms with E-state index in [-0.39, 0.29) is 19.6 Å². The van der Waals surface area contributed by atoms with Crippen LogP contribution in [0.2, 0.25) is 0 Å². The van der Waals surface area contributed by atoms with E-state index < -0.39 is 59.8 Å². The second-order valence-electron chi connectivity index (χ2n) is 6.95. The molecule has 29 heavy (non-hydrogen) atoms. The third kappa shape index (κ3) is 6.40. The van der Waals surface area contributed by atoms with Crippen molar-refractivity contribution in [2.24, 2.45) is 23.7 Å². The molecule has 0 N–H and O–H groups in total. The van der Waals surface area contributed by atoms with Crippen molar-refractivity contribution in [2.45, 2.75) is 32.5 Å². The minimum Gasteiger partial charge on any atom is -0.469 e. The van der Waals surface area contributed by atoms with Crippen LogP contribution in [0.1, 0.15) is 20.3 Å². The summed E-state index contributed by atoms with van der Waals surface area (Å²) in [5.74, 6) is -7.68. The maximum absolute atomic E-state index is 12.9. The molecule has 0 aromatic carbocycles. The summed E-state index contributed by atoms with van der Waals surface area (Å²) in [4.78, 5) is 50.4. The van der Waals surface area contributed by atoms with Crippen LogP contribution in [-0.4, -0.2) is 77.7 Å². The van der Waals surface area contributed by atoms with Gasteiger partial charge in [-0.25, -0.2) is 0 Å². The van der Waals surface area contributed by atoms with Crippen LogP contribution >= 0.6 is 0 Å². The van der Waals surface area contributed by atoms with Crippen molar-refractivity contribution in [2.75, 3.05) is 41.7 Å². The van der Waals surface area contributed by atoms with E-state index >= 15 is 0 Å². The van der Waals surface area contributed by atoms with Gasteiger partial charge in [-0.05, 0) is 20.3 Å². The summed E-state index contributed by atoms with van der Waals surface area (Å²) in [5.41, 5.74) is 0. The van der Waals surface area contributed by atoms with Crippen LogP contribution in [0.5, 0.6) is 0 Å². The summed E-state index contributed by atoms with van der Waals surface area (Å²) >= 11 is 0. The quantitative estimate of drug-likeness (QED) is 0.363. The molecule has 0 aromatic heterocycles. The fourth-order valence-electron chi connectivity index (χ4n) is 3.57. The Morgan fingerprint density at radius 1 is 0.690 bits per heavy atom. The van der Waals surface area contributed by atoms with E-state index in [1.165, 1.54) is 14.2 Å². The Hall–Kier alpha value is -2.20. The molecular formula is C19H30O10. The van der Waals surface area contributed by atoms with Gasteiger partial charge in [-0.15, -0.1) is 0 Å². The Bertz CT molecular complexity index is 540. The van der Waals surface area contributed by atoms with Crippen molar-refractivity contribution in [3.05, 3.63) is 0 Å². The van der Waals surface area contributed by atoms with Crippen molar-refractivity contribution in [3.63, 3.8) is 0 Å². The highest BCUT2D eigenvalue weighted by Crippen LogP contribution is 2.44. The van der Waals surface area contributed by atoms with E-state index in [9.17, 15) is 19.2 Å². The summed E-state index contributed by atoms with van der Waals surface area (Å²) in [6, 6.07) is 0. The molecule has 10 nitrogen and oxygen atoms in total. The lowest BCUT2D eigenvalue weighted by molar-refractivity contribution is -0.173. The van der Waals surface area contributed by atoms with E-state index in [0.29, 0.717) is 0 Å². The van der Waals surface area contributed by atoms with Crippen molar-refractivity contribution in [1.29, 1.82) is 0 Å². The molecule has 0 heterocycles. The first-order chi connectivity index (χ1) is 13.7. The van der Waals surface area contributed by atoms with Gasteiger partial charge in [0.1, 0.15) is 12.2 Å². The normalized spacial score (nSPS) is 25.6. The molecule has 0 radical (unpaired) electrons. The summed E-state index contributed by atoms with van der Waals surface area (Å²) in [6.45, 7) is 3.47. The average molecular weight is 418 g/mol. The number of hydrogen-bond acceptors (Lipinski definition) is 10. The number of ether oxygens (including phenoxy) is 6. The molecule has 6 unspecified atom stereocenters. The highest BCUT2D eigenvalue weighted by Gasteiger charge is 2.58. The van der Waals surface area contributed by atoms with Crippen LogP contribution in [0.15, 0.2) is 0 Å². The maximum Gasteiger partial charge on any atom is 0.311 e. The molecule has 6 atom stereocenters. The predicted molar refractivity (Wildman–Crippen MR) is 97.5 cm³/mol. The summed E-state index contributed by atoms with van der Waals surface area (Å²) in [7, 11) is 5.22. The van der Waals surface area contributed by atoms with Crippen LogP contribution in [-0.2, 0) is 47.6 Å². The third-order valence-electron chi connectivity index (χ3n) is 4.75. The maximum atomic E-state index is 12.9.